The Morgan fingerprint density at radius 3 is 2.13 bits per heavy atom. The van der Waals surface area contributed by atoms with E-state index in [-0.39, 0.29) is 18.5 Å². The zero-order chi connectivity index (χ0) is 12.0. The van der Waals surface area contributed by atoms with E-state index in [0.29, 0.717) is 12.5 Å². The third-order valence-electron chi connectivity index (χ3n) is 1.80. The molecule has 0 aliphatic rings. The average Bonchev–Trinajstić information content (AvgIpc) is 2.13. The first-order chi connectivity index (χ1) is 6.84. The fraction of sp³-hybridized carbons (Fsp3) is 0.800. The van der Waals surface area contributed by atoms with E-state index in [2.05, 4.69) is 5.32 Å². The topological polar surface area (TPSA) is 52.7 Å². The second-order valence-electron chi connectivity index (χ2n) is 4.23. The van der Waals surface area contributed by atoms with Gasteiger partial charge in [0, 0.05) is 27.7 Å². The van der Waals surface area contributed by atoms with Crippen LogP contribution in [0.3, 0.4) is 0 Å². The fourth-order valence-electron chi connectivity index (χ4n) is 0.998. The minimum absolute atomic E-state index is 0.101. The highest BCUT2D eigenvalue weighted by molar-refractivity contribution is 5.83. The third kappa shape index (κ3) is 5.93. The summed E-state index contributed by atoms with van der Waals surface area (Å²) in [6, 6.07) is -0.172. The van der Waals surface area contributed by atoms with Gasteiger partial charge in [0.1, 0.15) is 6.54 Å². The first kappa shape index (κ1) is 13.7. The SMILES string of the molecule is CC(C)CNC(=O)CN(C)C(=O)N(C)C. The Kier molecular flexibility index (Phi) is 5.74. The van der Waals surface area contributed by atoms with Gasteiger partial charge in [-0.1, -0.05) is 13.8 Å². The van der Waals surface area contributed by atoms with E-state index < -0.39 is 0 Å². The molecule has 5 nitrogen and oxygen atoms in total. The number of carbonyl (C=O) groups is 2. The van der Waals surface area contributed by atoms with Crippen LogP contribution in [0.2, 0.25) is 0 Å². The van der Waals surface area contributed by atoms with Gasteiger partial charge in [-0.3, -0.25) is 4.79 Å². The van der Waals surface area contributed by atoms with Gasteiger partial charge in [0.25, 0.3) is 0 Å². The molecule has 1 N–H and O–H groups in total. The van der Waals surface area contributed by atoms with Crippen LogP contribution in [0, 0.1) is 5.92 Å². The van der Waals surface area contributed by atoms with E-state index in [0.717, 1.165) is 0 Å². The Balaban J connectivity index is 3.91. The Morgan fingerprint density at radius 2 is 1.73 bits per heavy atom. The van der Waals surface area contributed by atoms with Crippen molar-refractivity contribution in [1.82, 2.24) is 15.1 Å². The molecule has 0 unspecified atom stereocenters. The molecule has 0 aliphatic heterocycles. The normalized spacial score (nSPS) is 10.0. The Bertz CT molecular complexity index is 227. The molecule has 0 saturated heterocycles. The summed E-state index contributed by atoms with van der Waals surface area (Å²) in [5, 5.41) is 2.76. The fourth-order valence-corrected chi connectivity index (χ4v) is 0.998. The number of hydrogen-bond donors (Lipinski definition) is 1. The van der Waals surface area contributed by atoms with E-state index in [9.17, 15) is 9.59 Å². The lowest BCUT2D eigenvalue weighted by Gasteiger charge is -2.21. The molecule has 0 saturated carbocycles. The van der Waals surface area contributed by atoms with Crippen LogP contribution < -0.4 is 5.32 Å². The summed E-state index contributed by atoms with van der Waals surface area (Å²) >= 11 is 0. The first-order valence-corrected chi connectivity index (χ1v) is 5.03. The van der Waals surface area contributed by atoms with E-state index in [1.807, 2.05) is 13.8 Å². The number of hydrogen-bond acceptors (Lipinski definition) is 2. The van der Waals surface area contributed by atoms with Crippen LogP contribution in [0.4, 0.5) is 4.79 Å². The quantitative estimate of drug-likeness (QED) is 0.736. The first-order valence-electron chi connectivity index (χ1n) is 5.03. The van der Waals surface area contributed by atoms with E-state index in [4.69, 9.17) is 0 Å². The molecule has 0 aromatic rings. The van der Waals surface area contributed by atoms with E-state index >= 15 is 0 Å². The zero-order valence-electron chi connectivity index (χ0n) is 10.2. The van der Waals surface area contributed by atoms with Gasteiger partial charge in [-0.25, -0.2) is 4.79 Å². The van der Waals surface area contributed by atoms with Gasteiger partial charge in [0.15, 0.2) is 0 Å². The molecule has 5 heteroatoms. The maximum absolute atomic E-state index is 11.4. The van der Waals surface area contributed by atoms with Crippen LogP contribution in [0.1, 0.15) is 13.8 Å². The maximum atomic E-state index is 11.4. The van der Waals surface area contributed by atoms with Gasteiger partial charge in [0.2, 0.25) is 5.91 Å². The summed E-state index contributed by atoms with van der Waals surface area (Å²) in [7, 11) is 4.92. The Labute approximate surface area is 91.4 Å². The number of rotatable bonds is 4. The number of likely N-dealkylation sites (N-methyl/N-ethyl adjacent to an activating group) is 1. The number of amides is 3. The molecule has 0 heterocycles. The lowest BCUT2D eigenvalue weighted by atomic mass is 10.2. The summed E-state index contributed by atoms with van der Waals surface area (Å²) in [5.41, 5.74) is 0. The standard InChI is InChI=1S/C10H21N3O2/c1-8(2)6-11-9(14)7-13(5)10(15)12(3)4/h8H,6-7H2,1-5H3,(H,11,14). The second kappa shape index (κ2) is 6.27. The van der Waals surface area contributed by atoms with Crippen molar-refractivity contribution in [2.75, 3.05) is 34.2 Å². The van der Waals surface area contributed by atoms with Crippen molar-refractivity contribution in [2.45, 2.75) is 13.8 Å². The minimum Gasteiger partial charge on any atom is -0.354 e. The molecule has 0 fully saturated rings. The van der Waals surface area contributed by atoms with Crippen LogP contribution in [0.25, 0.3) is 0 Å². The maximum Gasteiger partial charge on any atom is 0.319 e. The second-order valence-corrected chi connectivity index (χ2v) is 4.23. The predicted octanol–water partition coefficient (Wildman–Crippen LogP) is 0.372. The molecule has 3 amide bonds. The van der Waals surface area contributed by atoms with Gasteiger partial charge in [0.05, 0.1) is 0 Å². The summed E-state index contributed by atoms with van der Waals surface area (Å²) < 4.78 is 0. The molecule has 0 aromatic heterocycles. The number of nitrogens with zero attached hydrogens (tertiary/aromatic N) is 2. The lowest BCUT2D eigenvalue weighted by molar-refractivity contribution is -0.121. The monoisotopic (exact) mass is 215 g/mol. The van der Waals surface area contributed by atoms with Crippen LogP contribution >= 0.6 is 0 Å². The third-order valence-corrected chi connectivity index (χ3v) is 1.80. The molecular weight excluding hydrogens is 194 g/mol. The number of carbonyl (C=O) groups excluding carboxylic acids is 2. The Morgan fingerprint density at radius 1 is 1.20 bits per heavy atom. The molecule has 0 aromatic carbocycles. The van der Waals surface area contributed by atoms with E-state index in [1.54, 1.807) is 21.1 Å². The summed E-state index contributed by atoms with van der Waals surface area (Å²) in [6.45, 7) is 4.79. The van der Waals surface area contributed by atoms with Gasteiger partial charge >= 0.3 is 6.03 Å². The van der Waals surface area contributed by atoms with Gasteiger partial charge in [-0.2, -0.15) is 0 Å². The molecule has 0 spiro atoms. The van der Waals surface area contributed by atoms with Crippen LogP contribution in [0.5, 0.6) is 0 Å². The van der Waals surface area contributed by atoms with Gasteiger partial charge in [-0.05, 0) is 5.92 Å². The van der Waals surface area contributed by atoms with Crippen LogP contribution in [-0.2, 0) is 4.79 Å². The molecule has 0 radical (unpaired) electrons. The van der Waals surface area contributed by atoms with Crippen molar-refractivity contribution in [3.05, 3.63) is 0 Å². The summed E-state index contributed by atoms with van der Waals surface area (Å²) in [4.78, 5) is 25.6. The molecule has 88 valence electrons. The summed E-state index contributed by atoms with van der Waals surface area (Å²) in [5.74, 6) is 0.296. The van der Waals surface area contributed by atoms with E-state index in [1.165, 1.54) is 9.80 Å². The molecule has 0 atom stereocenters. The summed E-state index contributed by atoms with van der Waals surface area (Å²) in [6.07, 6.45) is 0. The molecule has 0 bridgehead atoms. The van der Waals surface area contributed by atoms with Crippen molar-refractivity contribution in [1.29, 1.82) is 0 Å². The number of urea groups is 1. The predicted molar refractivity (Wildman–Crippen MR) is 59.6 cm³/mol. The molecule has 15 heavy (non-hydrogen) atoms. The average molecular weight is 215 g/mol. The van der Waals surface area contributed by atoms with Crippen molar-refractivity contribution >= 4 is 11.9 Å². The van der Waals surface area contributed by atoms with Crippen molar-refractivity contribution in [3.8, 4) is 0 Å². The molecular formula is C10H21N3O2. The van der Waals surface area contributed by atoms with Gasteiger partial charge in [-0.15, -0.1) is 0 Å². The highest BCUT2D eigenvalue weighted by Crippen LogP contribution is 1.91. The largest absolute Gasteiger partial charge is 0.354 e. The van der Waals surface area contributed by atoms with Crippen LogP contribution in [0.15, 0.2) is 0 Å². The highest BCUT2D eigenvalue weighted by atomic mass is 16.2. The zero-order valence-corrected chi connectivity index (χ0v) is 10.2. The lowest BCUT2D eigenvalue weighted by Crippen LogP contribution is -2.43. The smallest absolute Gasteiger partial charge is 0.319 e. The molecule has 0 aliphatic carbocycles. The van der Waals surface area contributed by atoms with Gasteiger partial charge < -0.3 is 15.1 Å². The van der Waals surface area contributed by atoms with Crippen molar-refractivity contribution in [2.24, 2.45) is 5.92 Å². The number of nitrogens with one attached hydrogen (secondary N) is 1. The molecule has 0 rings (SSSR count). The van der Waals surface area contributed by atoms with Crippen LogP contribution in [-0.4, -0.2) is 56.0 Å². The van der Waals surface area contributed by atoms with Crippen molar-refractivity contribution < 1.29 is 9.59 Å². The Hall–Kier alpha value is -1.26. The highest BCUT2D eigenvalue weighted by Gasteiger charge is 2.13. The van der Waals surface area contributed by atoms with Crippen molar-refractivity contribution in [3.63, 3.8) is 0 Å². The minimum atomic E-state index is -0.172.